The van der Waals surface area contributed by atoms with Gasteiger partial charge in [-0.05, 0) is 26.3 Å². The maximum absolute atomic E-state index is 13.2. The number of anilines is 1. The Hall–Kier alpha value is -1.65. The first-order valence-corrected chi connectivity index (χ1v) is 6.28. The fraction of sp³-hybridized carbons (Fsp3) is 0.538. The molecule has 4 nitrogen and oxygen atoms in total. The Morgan fingerprint density at radius 1 is 1.50 bits per heavy atom. The lowest BCUT2D eigenvalue weighted by Gasteiger charge is -2.14. The van der Waals surface area contributed by atoms with Crippen LogP contribution in [0.5, 0.6) is 0 Å². The molecule has 1 rings (SSSR count). The standard InChI is InChI=1S/C13H20FN3O/c1-4-6-9(3)17-13(18)11-7-10(14)8-16-12(11)15-5-2/h7-9H,4-6H2,1-3H3,(H,15,16)(H,17,18). The average molecular weight is 253 g/mol. The van der Waals surface area contributed by atoms with Gasteiger partial charge in [0, 0.05) is 12.6 Å². The molecule has 0 saturated heterocycles. The van der Waals surface area contributed by atoms with Crippen LogP contribution in [0, 0.1) is 5.82 Å². The van der Waals surface area contributed by atoms with Crippen molar-refractivity contribution in [3.8, 4) is 0 Å². The van der Waals surface area contributed by atoms with Gasteiger partial charge in [-0.1, -0.05) is 13.3 Å². The van der Waals surface area contributed by atoms with Gasteiger partial charge in [-0.25, -0.2) is 9.37 Å². The lowest BCUT2D eigenvalue weighted by molar-refractivity contribution is 0.0938. The van der Waals surface area contributed by atoms with E-state index in [0.717, 1.165) is 19.0 Å². The summed E-state index contributed by atoms with van der Waals surface area (Å²) in [7, 11) is 0. The Bertz CT molecular complexity index is 409. The highest BCUT2D eigenvalue weighted by atomic mass is 19.1. The van der Waals surface area contributed by atoms with Gasteiger partial charge in [-0.3, -0.25) is 4.79 Å². The van der Waals surface area contributed by atoms with Crippen LogP contribution in [0.4, 0.5) is 10.2 Å². The first-order valence-electron chi connectivity index (χ1n) is 6.28. The van der Waals surface area contributed by atoms with Crippen molar-refractivity contribution in [3.05, 3.63) is 23.6 Å². The number of rotatable bonds is 6. The zero-order valence-corrected chi connectivity index (χ0v) is 11.1. The fourth-order valence-electron chi connectivity index (χ4n) is 1.73. The highest BCUT2D eigenvalue weighted by molar-refractivity contribution is 5.98. The number of carbonyl (C=O) groups is 1. The lowest BCUT2D eigenvalue weighted by atomic mass is 10.1. The molecule has 2 N–H and O–H groups in total. The molecular weight excluding hydrogens is 233 g/mol. The van der Waals surface area contributed by atoms with Gasteiger partial charge in [0.1, 0.15) is 11.6 Å². The van der Waals surface area contributed by atoms with Crippen LogP contribution < -0.4 is 10.6 Å². The second kappa shape index (κ2) is 6.93. The van der Waals surface area contributed by atoms with Gasteiger partial charge in [0.05, 0.1) is 11.8 Å². The molecule has 0 saturated carbocycles. The molecule has 1 amide bonds. The quantitative estimate of drug-likeness (QED) is 0.819. The molecular formula is C13H20FN3O. The maximum atomic E-state index is 13.2. The predicted octanol–water partition coefficient (Wildman–Crippen LogP) is 2.57. The highest BCUT2D eigenvalue weighted by Crippen LogP contribution is 2.14. The molecule has 1 heterocycles. The molecule has 0 aliphatic rings. The first kappa shape index (κ1) is 14.4. The molecule has 100 valence electrons. The summed E-state index contributed by atoms with van der Waals surface area (Å²) in [6.07, 6.45) is 2.98. The number of hydrogen-bond donors (Lipinski definition) is 2. The monoisotopic (exact) mass is 253 g/mol. The van der Waals surface area contributed by atoms with E-state index in [4.69, 9.17) is 0 Å². The van der Waals surface area contributed by atoms with Gasteiger partial charge >= 0.3 is 0 Å². The zero-order chi connectivity index (χ0) is 13.5. The summed E-state index contributed by atoms with van der Waals surface area (Å²) in [6.45, 7) is 6.51. The second-order valence-electron chi connectivity index (χ2n) is 4.24. The summed E-state index contributed by atoms with van der Waals surface area (Å²) >= 11 is 0. The summed E-state index contributed by atoms with van der Waals surface area (Å²) in [5.74, 6) is -0.385. The molecule has 18 heavy (non-hydrogen) atoms. The van der Waals surface area contributed by atoms with Crippen LogP contribution in [0.2, 0.25) is 0 Å². The number of halogens is 1. The Morgan fingerprint density at radius 2 is 2.22 bits per heavy atom. The third-order valence-corrected chi connectivity index (χ3v) is 2.54. The summed E-state index contributed by atoms with van der Waals surface area (Å²) in [5, 5.41) is 5.79. The van der Waals surface area contributed by atoms with Crippen molar-refractivity contribution in [2.75, 3.05) is 11.9 Å². The maximum Gasteiger partial charge on any atom is 0.255 e. The highest BCUT2D eigenvalue weighted by Gasteiger charge is 2.15. The van der Waals surface area contributed by atoms with E-state index in [1.807, 2.05) is 13.8 Å². The minimum absolute atomic E-state index is 0.0697. The number of pyridine rings is 1. The summed E-state index contributed by atoms with van der Waals surface area (Å²) in [4.78, 5) is 15.9. The van der Waals surface area contributed by atoms with Crippen molar-refractivity contribution in [1.82, 2.24) is 10.3 Å². The first-order chi connectivity index (χ1) is 8.58. The van der Waals surface area contributed by atoms with Gasteiger partial charge in [0.2, 0.25) is 0 Å². The molecule has 0 bridgehead atoms. The van der Waals surface area contributed by atoms with Gasteiger partial charge in [-0.2, -0.15) is 0 Å². The van der Waals surface area contributed by atoms with E-state index in [1.165, 1.54) is 6.07 Å². The normalized spacial score (nSPS) is 12.0. The Morgan fingerprint density at radius 3 is 2.83 bits per heavy atom. The van der Waals surface area contributed by atoms with Crippen molar-refractivity contribution in [1.29, 1.82) is 0 Å². The van der Waals surface area contributed by atoms with E-state index in [1.54, 1.807) is 0 Å². The van der Waals surface area contributed by atoms with Crippen molar-refractivity contribution < 1.29 is 9.18 Å². The minimum Gasteiger partial charge on any atom is -0.370 e. The van der Waals surface area contributed by atoms with Gasteiger partial charge < -0.3 is 10.6 Å². The molecule has 0 fully saturated rings. The van der Waals surface area contributed by atoms with Gasteiger partial charge in [0.25, 0.3) is 5.91 Å². The number of carbonyl (C=O) groups excluding carboxylic acids is 1. The Balaban J connectivity index is 2.85. The molecule has 1 atom stereocenters. The van der Waals surface area contributed by atoms with E-state index in [0.29, 0.717) is 12.4 Å². The molecule has 0 aliphatic carbocycles. The molecule has 1 aromatic heterocycles. The van der Waals surface area contributed by atoms with E-state index in [2.05, 4.69) is 22.5 Å². The molecule has 0 spiro atoms. The molecule has 1 unspecified atom stereocenters. The molecule has 0 aromatic carbocycles. The van der Waals surface area contributed by atoms with Crippen molar-refractivity contribution in [2.45, 2.75) is 39.7 Å². The largest absolute Gasteiger partial charge is 0.370 e. The smallest absolute Gasteiger partial charge is 0.255 e. The number of aromatic nitrogens is 1. The van der Waals surface area contributed by atoms with Crippen LogP contribution >= 0.6 is 0 Å². The SMILES string of the molecule is CCCC(C)NC(=O)c1cc(F)cnc1NCC. The van der Waals surface area contributed by atoms with Crippen LogP contribution in [0.3, 0.4) is 0 Å². The molecule has 1 aromatic rings. The molecule has 0 radical (unpaired) electrons. The van der Waals surface area contributed by atoms with Crippen LogP contribution in [0.25, 0.3) is 0 Å². The van der Waals surface area contributed by atoms with E-state index in [-0.39, 0.29) is 17.5 Å². The zero-order valence-electron chi connectivity index (χ0n) is 11.1. The van der Waals surface area contributed by atoms with E-state index in [9.17, 15) is 9.18 Å². The van der Waals surface area contributed by atoms with Gasteiger partial charge in [0.15, 0.2) is 0 Å². The lowest BCUT2D eigenvalue weighted by Crippen LogP contribution is -2.33. The molecule has 0 aliphatic heterocycles. The Kier molecular flexibility index (Phi) is 5.55. The van der Waals surface area contributed by atoms with Crippen molar-refractivity contribution >= 4 is 11.7 Å². The number of amides is 1. The number of hydrogen-bond acceptors (Lipinski definition) is 3. The van der Waals surface area contributed by atoms with Gasteiger partial charge in [-0.15, -0.1) is 0 Å². The topological polar surface area (TPSA) is 54.0 Å². The van der Waals surface area contributed by atoms with E-state index >= 15 is 0 Å². The van der Waals surface area contributed by atoms with Crippen LogP contribution in [0.15, 0.2) is 12.3 Å². The van der Waals surface area contributed by atoms with Crippen LogP contribution in [0.1, 0.15) is 44.0 Å². The second-order valence-corrected chi connectivity index (χ2v) is 4.24. The third-order valence-electron chi connectivity index (χ3n) is 2.54. The third kappa shape index (κ3) is 3.98. The van der Waals surface area contributed by atoms with Crippen LogP contribution in [-0.2, 0) is 0 Å². The summed E-state index contributed by atoms with van der Waals surface area (Å²) in [6, 6.07) is 1.28. The Labute approximate surface area is 107 Å². The summed E-state index contributed by atoms with van der Waals surface area (Å²) in [5.41, 5.74) is 0.250. The van der Waals surface area contributed by atoms with E-state index < -0.39 is 5.82 Å². The fourth-order valence-corrected chi connectivity index (χ4v) is 1.73. The minimum atomic E-state index is -0.509. The number of nitrogens with zero attached hydrogens (tertiary/aromatic N) is 1. The summed E-state index contributed by atoms with van der Waals surface area (Å²) < 4.78 is 13.2. The molecule has 5 heteroatoms. The average Bonchev–Trinajstić information content (AvgIpc) is 2.32. The van der Waals surface area contributed by atoms with Crippen molar-refractivity contribution in [3.63, 3.8) is 0 Å². The number of nitrogens with one attached hydrogen (secondary N) is 2. The van der Waals surface area contributed by atoms with Crippen molar-refractivity contribution in [2.24, 2.45) is 0 Å². The van der Waals surface area contributed by atoms with Crippen LogP contribution in [-0.4, -0.2) is 23.5 Å². The predicted molar refractivity (Wildman–Crippen MR) is 70.2 cm³/mol.